The minimum Gasteiger partial charge on any atom is -0.366 e. The topological polar surface area (TPSA) is 66.7 Å². The van der Waals surface area contributed by atoms with Gasteiger partial charge in [0.25, 0.3) is 5.69 Å². The number of hydrogen-bond acceptors (Lipinski definition) is 5. The lowest BCUT2D eigenvalue weighted by Crippen LogP contribution is -2.48. The molecule has 142 valence electrons. The van der Waals surface area contributed by atoms with Crippen LogP contribution in [-0.2, 0) is 0 Å². The molecule has 1 aliphatic rings. The van der Waals surface area contributed by atoms with Gasteiger partial charge in [0.15, 0.2) is 5.78 Å². The number of nitrogens with zero attached hydrogens (tertiary/aromatic N) is 3. The summed E-state index contributed by atoms with van der Waals surface area (Å²) >= 11 is 0. The van der Waals surface area contributed by atoms with Crippen LogP contribution in [0.4, 0.5) is 11.4 Å². The number of hydrogen-bond donors (Lipinski definition) is 0. The molecule has 27 heavy (non-hydrogen) atoms. The van der Waals surface area contributed by atoms with Gasteiger partial charge in [0.05, 0.1) is 4.92 Å². The fourth-order valence-corrected chi connectivity index (χ4v) is 3.96. The predicted molar refractivity (Wildman–Crippen MR) is 106 cm³/mol. The highest BCUT2D eigenvalue weighted by Crippen LogP contribution is 2.33. The molecular weight excluding hydrogens is 342 g/mol. The van der Waals surface area contributed by atoms with Crippen LogP contribution in [0, 0.1) is 16.0 Å². The van der Waals surface area contributed by atoms with Gasteiger partial charge in [0, 0.05) is 36.8 Å². The van der Waals surface area contributed by atoms with Gasteiger partial charge >= 0.3 is 0 Å². The Balaban J connectivity index is 1.92. The Hall–Kier alpha value is -2.73. The molecular formula is C21H25N3O3. The number of benzene rings is 2. The van der Waals surface area contributed by atoms with Gasteiger partial charge in [-0.3, -0.25) is 14.9 Å². The molecule has 0 bridgehead atoms. The standard InChI is InChI=1S/C21H25N3O3/c1-15-14-22(2)12-11-18(15)23(3)19-10-9-17(13-20(19)24(26)27)21(25)16-7-5-4-6-8-16/h4-10,13,15,18H,11-12,14H2,1-3H3. The molecule has 0 aliphatic carbocycles. The summed E-state index contributed by atoms with van der Waals surface area (Å²) in [7, 11) is 4.01. The second kappa shape index (κ2) is 7.88. The van der Waals surface area contributed by atoms with Crippen LogP contribution in [0.3, 0.4) is 0 Å². The van der Waals surface area contributed by atoms with E-state index in [9.17, 15) is 14.9 Å². The summed E-state index contributed by atoms with van der Waals surface area (Å²) < 4.78 is 0. The van der Waals surface area contributed by atoms with E-state index in [1.165, 1.54) is 6.07 Å². The molecule has 0 radical (unpaired) electrons. The lowest BCUT2D eigenvalue weighted by molar-refractivity contribution is -0.384. The zero-order valence-electron chi connectivity index (χ0n) is 16.0. The summed E-state index contributed by atoms with van der Waals surface area (Å²) in [6.07, 6.45) is 0.954. The third-order valence-electron chi connectivity index (χ3n) is 5.41. The van der Waals surface area contributed by atoms with Gasteiger partial charge in [-0.05, 0) is 38.1 Å². The van der Waals surface area contributed by atoms with E-state index in [0.29, 0.717) is 22.7 Å². The first kappa shape index (κ1) is 19.0. The van der Waals surface area contributed by atoms with E-state index in [-0.39, 0.29) is 17.5 Å². The molecule has 2 aromatic carbocycles. The number of likely N-dealkylation sites (tertiary alicyclic amines) is 1. The molecule has 1 saturated heterocycles. The highest BCUT2D eigenvalue weighted by Gasteiger charge is 2.31. The van der Waals surface area contributed by atoms with Crippen molar-refractivity contribution in [2.24, 2.45) is 5.92 Å². The van der Waals surface area contributed by atoms with E-state index in [4.69, 9.17) is 0 Å². The second-order valence-corrected chi connectivity index (χ2v) is 7.36. The number of rotatable bonds is 5. The van der Waals surface area contributed by atoms with Crippen LogP contribution >= 0.6 is 0 Å². The molecule has 2 unspecified atom stereocenters. The SMILES string of the molecule is CC1CN(C)CCC1N(C)c1ccc(C(=O)c2ccccc2)cc1[N+](=O)[O-]. The van der Waals surface area contributed by atoms with E-state index in [1.807, 2.05) is 18.0 Å². The fraction of sp³-hybridized carbons (Fsp3) is 0.381. The summed E-state index contributed by atoms with van der Waals surface area (Å²) in [4.78, 5) is 28.3. The molecule has 0 saturated carbocycles. The van der Waals surface area contributed by atoms with Crippen LogP contribution in [0.25, 0.3) is 0 Å². The zero-order chi connectivity index (χ0) is 19.6. The number of anilines is 1. The first-order valence-corrected chi connectivity index (χ1v) is 9.18. The lowest BCUT2D eigenvalue weighted by Gasteiger charge is -2.40. The van der Waals surface area contributed by atoms with Gasteiger partial charge in [-0.25, -0.2) is 0 Å². The number of ketones is 1. The third kappa shape index (κ3) is 4.01. The van der Waals surface area contributed by atoms with Gasteiger partial charge in [0.2, 0.25) is 0 Å². The monoisotopic (exact) mass is 367 g/mol. The maximum atomic E-state index is 12.7. The highest BCUT2D eigenvalue weighted by atomic mass is 16.6. The maximum Gasteiger partial charge on any atom is 0.293 e. The van der Waals surface area contributed by atoms with Crippen molar-refractivity contribution in [2.75, 3.05) is 32.1 Å². The van der Waals surface area contributed by atoms with E-state index < -0.39 is 4.92 Å². The van der Waals surface area contributed by atoms with Gasteiger partial charge < -0.3 is 9.80 Å². The fourth-order valence-electron chi connectivity index (χ4n) is 3.96. The average molecular weight is 367 g/mol. The van der Waals surface area contributed by atoms with E-state index in [2.05, 4.69) is 18.9 Å². The van der Waals surface area contributed by atoms with Crippen LogP contribution < -0.4 is 4.90 Å². The summed E-state index contributed by atoms with van der Waals surface area (Å²) in [5.74, 6) is 0.194. The van der Waals surface area contributed by atoms with Crippen LogP contribution in [0.15, 0.2) is 48.5 Å². The van der Waals surface area contributed by atoms with Gasteiger partial charge in [-0.15, -0.1) is 0 Å². The summed E-state index contributed by atoms with van der Waals surface area (Å²) in [5.41, 5.74) is 1.40. The Morgan fingerprint density at radius 1 is 1.19 bits per heavy atom. The molecule has 0 spiro atoms. The number of nitro benzene ring substituents is 1. The minimum atomic E-state index is -0.396. The molecule has 6 heteroatoms. The van der Waals surface area contributed by atoms with Crippen molar-refractivity contribution in [1.29, 1.82) is 0 Å². The van der Waals surface area contributed by atoms with E-state index in [1.54, 1.807) is 36.4 Å². The quantitative estimate of drug-likeness (QED) is 0.459. The number of carbonyl (C=O) groups is 1. The molecule has 2 atom stereocenters. The van der Waals surface area contributed by atoms with Crippen molar-refractivity contribution in [3.05, 3.63) is 69.8 Å². The molecule has 2 aromatic rings. The summed E-state index contributed by atoms with van der Waals surface area (Å²) in [6.45, 7) is 4.11. The van der Waals surface area contributed by atoms with Crippen molar-refractivity contribution in [1.82, 2.24) is 4.90 Å². The summed E-state index contributed by atoms with van der Waals surface area (Å²) in [6, 6.07) is 13.9. The molecule has 1 fully saturated rings. The van der Waals surface area contributed by atoms with Gasteiger partial charge in [-0.1, -0.05) is 37.3 Å². The summed E-state index contributed by atoms with van der Waals surface area (Å²) in [5, 5.41) is 11.7. The van der Waals surface area contributed by atoms with Crippen LogP contribution in [0.5, 0.6) is 0 Å². The molecule has 0 aromatic heterocycles. The van der Waals surface area contributed by atoms with Crippen molar-refractivity contribution in [2.45, 2.75) is 19.4 Å². The molecule has 0 N–H and O–H groups in total. The molecule has 1 aliphatic heterocycles. The molecule has 0 amide bonds. The van der Waals surface area contributed by atoms with Crippen LogP contribution in [0.1, 0.15) is 29.3 Å². The van der Waals surface area contributed by atoms with E-state index >= 15 is 0 Å². The smallest absolute Gasteiger partial charge is 0.293 e. The largest absolute Gasteiger partial charge is 0.366 e. The number of nitro groups is 1. The maximum absolute atomic E-state index is 12.7. The molecule has 6 nitrogen and oxygen atoms in total. The van der Waals surface area contributed by atoms with Gasteiger partial charge in [0.1, 0.15) is 5.69 Å². The molecule has 1 heterocycles. The number of piperidine rings is 1. The van der Waals surface area contributed by atoms with Crippen molar-refractivity contribution in [3.63, 3.8) is 0 Å². The Morgan fingerprint density at radius 2 is 1.89 bits per heavy atom. The predicted octanol–water partition coefficient (Wildman–Crippen LogP) is 3.60. The van der Waals surface area contributed by atoms with Gasteiger partial charge in [-0.2, -0.15) is 0 Å². The minimum absolute atomic E-state index is 0.0228. The van der Waals surface area contributed by atoms with Crippen molar-refractivity contribution >= 4 is 17.2 Å². The Labute approximate surface area is 159 Å². The van der Waals surface area contributed by atoms with E-state index in [0.717, 1.165) is 19.5 Å². The first-order chi connectivity index (χ1) is 12.9. The zero-order valence-corrected chi connectivity index (χ0v) is 16.0. The van der Waals surface area contributed by atoms with Crippen molar-refractivity contribution < 1.29 is 9.72 Å². The number of carbonyl (C=O) groups excluding carboxylic acids is 1. The van der Waals surface area contributed by atoms with Crippen LogP contribution in [-0.4, -0.2) is 48.8 Å². The third-order valence-corrected chi connectivity index (χ3v) is 5.41. The van der Waals surface area contributed by atoms with Crippen molar-refractivity contribution in [3.8, 4) is 0 Å². The Bertz CT molecular complexity index is 838. The normalized spacial score (nSPS) is 20.3. The second-order valence-electron chi connectivity index (χ2n) is 7.36. The Morgan fingerprint density at radius 3 is 2.52 bits per heavy atom. The average Bonchev–Trinajstić information content (AvgIpc) is 2.67. The lowest BCUT2D eigenvalue weighted by atomic mass is 9.92. The van der Waals surface area contributed by atoms with Crippen LogP contribution in [0.2, 0.25) is 0 Å². The highest BCUT2D eigenvalue weighted by molar-refractivity contribution is 6.09. The Kier molecular flexibility index (Phi) is 5.56. The first-order valence-electron chi connectivity index (χ1n) is 9.18. The molecule has 3 rings (SSSR count).